The number of benzene rings is 2. The third-order valence-corrected chi connectivity index (χ3v) is 4.04. The summed E-state index contributed by atoms with van der Waals surface area (Å²) in [5, 5.41) is 17.7. The van der Waals surface area contributed by atoms with Gasteiger partial charge in [-0.25, -0.2) is 16.8 Å². The molecule has 0 fully saturated rings. The molecule has 0 aromatic heterocycles. The number of rotatable bonds is 2. The maximum atomic E-state index is 10.3. The number of phenolic OH excluding ortho intramolecular Hbond substituents is 2. The molecule has 12 heteroatoms. The van der Waals surface area contributed by atoms with Crippen molar-refractivity contribution in [3.8, 4) is 11.5 Å². The second-order valence-electron chi connectivity index (χ2n) is 3.84. The van der Waals surface area contributed by atoms with E-state index in [0.717, 1.165) is 24.3 Å². The Morgan fingerprint density at radius 1 is 0.667 bits per heavy atom. The molecule has 0 heterocycles. The van der Waals surface area contributed by atoms with Gasteiger partial charge >= 0.3 is 23.1 Å². The fourth-order valence-corrected chi connectivity index (χ4v) is 2.48. The third kappa shape index (κ3) is 7.44. The predicted octanol–water partition coefficient (Wildman–Crippen LogP) is -0.613. The van der Waals surface area contributed by atoms with Gasteiger partial charge < -0.3 is 24.8 Å². The van der Waals surface area contributed by atoms with Crippen LogP contribution in [0.2, 0.25) is 0 Å². The van der Waals surface area contributed by atoms with Crippen LogP contribution in [0.5, 0.6) is 11.5 Å². The zero-order valence-corrected chi connectivity index (χ0v) is 15.0. The predicted molar refractivity (Wildman–Crippen MR) is 81.5 cm³/mol. The van der Waals surface area contributed by atoms with E-state index in [1.54, 1.807) is 0 Å². The maximum absolute atomic E-state index is 10.3. The smallest absolute Gasteiger partial charge is 0.744 e. The van der Waals surface area contributed by atoms with Gasteiger partial charge in [0.05, 0.1) is 9.79 Å². The van der Waals surface area contributed by atoms with Crippen molar-refractivity contribution in [2.24, 2.45) is 0 Å². The molecule has 0 amide bonds. The minimum absolute atomic E-state index is 0. The Morgan fingerprint density at radius 2 is 0.917 bits per heavy atom. The van der Waals surface area contributed by atoms with Gasteiger partial charge in [0.15, 0.2) is 0 Å². The molecule has 0 aliphatic heterocycles. The Hall–Kier alpha value is -1.41. The first-order valence-electron chi connectivity index (χ1n) is 5.51. The first kappa shape index (κ1) is 24.8. The van der Waals surface area contributed by atoms with Gasteiger partial charge in [-0.05, 0) is 24.3 Å². The summed E-state index contributed by atoms with van der Waals surface area (Å²) in [5.74, 6) is -1.02. The van der Waals surface area contributed by atoms with Gasteiger partial charge in [-0.3, -0.25) is 0 Å². The molecule has 0 saturated carbocycles. The molecular weight excluding hydrogens is 377 g/mol. The molecule has 0 radical (unpaired) electrons. The Morgan fingerprint density at radius 3 is 1.08 bits per heavy atom. The molecule has 0 spiro atoms. The Labute approximate surface area is 154 Å². The van der Waals surface area contributed by atoms with Gasteiger partial charge in [0, 0.05) is 0 Å². The number of hydrogen-bond donors (Lipinski definition) is 2. The second-order valence-corrected chi connectivity index (χ2v) is 6.54. The average molecular weight is 389 g/mol. The Balaban J connectivity index is 0. The molecule has 0 bridgehead atoms. The van der Waals surface area contributed by atoms with Crippen LogP contribution in [0.25, 0.3) is 0 Å². The van der Waals surface area contributed by atoms with Crippen LogP contribution in [0.1, 0.15) is 0 Å². The van der Waals surface area contributed by atoms with Crippen LogP contribution < -0.4 is 0 Å². The largest absolute Gasteiger partial charge is 2.00 e. The van der Waals surface area contributed by atoms with Crippen molar-refractivity contribution in [2.75, 3.05) is 0 Å². The SMILES string of the molecule is O.O=S(=O)([O-])c1ccccc1O.O=S(=O)([O-])c1ccccc1O.[Mg+2]. The molecule has 0 aliphatic carbocycles. The maximum Gasteiger partial charge on any atom is 2.00 e. The van der Waals surface area contributed by atoms with Gasteiger partial charge in [-0.1, -0.05) is 24.3 Å². The zero-order valence-electron chi connectivity index (χ0n) is 12.0. The van der Waals surface area contributed by atoms with E-state index in [1.165, 1.54) is 24.3 Å². The zero-order chi connectivity index (χ0) is 17.0. The van der Waals surface area contributed by atoms with Gasteiger partial charge in [-0.15, -0.1) is 0 Å². The molecule has 4 N–H and O–H groups in total. The molecule has 0 saturated heterocycles. The first-order valence-corrected chi connectivity index (χ1v) is 8.33. The fourth-order valence-electron chi connectivity index (χ4n) is 1.34. The van der Waals surface area contributed by atoms with Crippen LogP contribution in [0.3, 0.4) is 0 Å². The number of aromatic hydroxyl groups is 2. The quantitative estimate of drug-likeness (QED) is 0.503. The van der Waals surface area contributed by atoms with Crippen molar-refractivity contribution in [2.45, 2.75) is 9.79 Å². The van der Waals surface area contributed by atoms with E-state index >= 15 is 0 Å². The van der Waals surface area contributed by atoms with Gasteiger partial charge in [0.1, 0.15) is 31.7 Å². The summed E-state index contributed by atoms with van der Waals surface area (Å²) in [4.78, 5) is -1.17. The van der Waals surface area contributed by atoms with Crippen LogP contribution in [0, 0.1) is 0 Å². The minimum Gasteiger partial charge on any atom is -0.744 e. The average Bonchev–Trinajstić information content (AvgIpc) is 2.37. The summed E-state index contributed by atoms with van der Waals surface area (Å²) in [5.41, 5.74) is 0. The first-order chi connectivity index (χ1) is 10.0. The Bertz CT molecular complexity index is 790. The van der Waals surface area contributed by atoms with E-state index < -0.39 is 41.5 Å². The molecule has 0 atom stereocenters. The van der Waals surface area contributed by atoms with Gasteiger partial charge in [0.25, 0.3) is 0 Å². The van der Waals surface area contributed by atoms with E-state index in [-0.39, 0.29) is 28.5 Å². The number of hydrogen-bond acceptors (Lipinski definition) is 8. The van der Waals surface area contributed by atoms with Gasteiger partial charge in [-0.2, -0.15) is 0 Å². The van der Waals surface area contributed by atoms with Crippen LogP contribution in [-0.2, 0) is 20.2 Å². The molecule has 2 rings (SSSR count). The standard InChI is InChI=1S/2C6H6O4S.Mg.H2O/c2*7-5-3-1-2-4-6(5)11(8,9)10;;/h2*1-4,7H,(H,8,9,10);;1H2/q;;+2;/p-2. The van der Waals surface area contributed by atoms with Crippen LogP contribution >= 0.6 is 0 Å². The summed E-state index contributed by atoms with van der Waals surface area (Å²) in [6.45, 7) is 0. The van der Waals surface area contributed by atoms with E-state index in [2.05, 4.69) is 0 Å². The summed E-state index contributed by atoms with van der Waals surface area (Å²) in [7, 11) is -9.07. The van der Waals surface area contributed by atoms with Crippen LogP contribution in [0.4, 0.5) is 0 Å². The van der Waals surface area contributed by atoms with Crippen molar-refractivity contribution in [3.05, 3.63) is 48.5 Å². The monoisotopic (exact) mass is 388 g/mol. The number of para-hydroxylation sites is 2. The minimum atomic E-state index is -4.53. The molecule has 0 aliphatic rings. The summed E-state index contributed by atoms with van der Waals surface area (Å²) in [6, 6.07) is 9.99. The van der Waals surface area contributed by atoms with Crippen LogP contribution in [0.15, 0.2) is 58.3 Å². The fraction of sp³-hybridized carbons (Fsp3) is 0. The second kappa shape index (κ2) is 9.78. The summed E-state index contributed by atoms with van der Waals surface area (Å²) >= 11 is 0. The van der Waals surface area contributed by atoms with E-state index in [9.17, 15) is 25.9 Å². The Kier molecular flexibility index (Phi) is 10.1. The molecular formula is C12H12MgO9S2. The molecule has 0 unspecified atom stereocenters. The van der Waals surface area contributed by atoms with Crippen LogP contribution in [-0.4, -0.2) is 64.7 Å². The van der Waals surface area contributed by atoms with Crippen molar-refractivity contribution in [3.63, 3.8) is 0 Å². The van der Waals surface area contributed by atoms with E-state index in [0.29, 0.717) is 0 Å². The summed E-state index contributed by atoms with van der Waals surface area (Å²) < 4.78 is 62.0. The normalized spacial score (nSPS) is 10.4. The molecule has 2 aromatic carbocycles. The topological polar surface area (TPSA) is 186 Å². The molecule has 24 heavy (non-hydrogen) atoms. The van der Waals surface area contributed by atoms with Crippen molar-refractivity contribution < 1.29 is 41.6 Å². The molecule has 9 nitrogen and oxygen atoms in total. The number of phenols is 2. The van der Waals surface area contributed by atoms with E-state index in [4.69, 9.17) is 10.2 Å². The van der Waals surface area contributed by atoms with Crippen molar-refractivity contribution >= 4 is 43.3 Å². The van der Waals surface area contributed by atoms with E-state index in [1.807, 2.05) is 0 Å². The summed E-state index contributed by atoms with van der Waals surface area (Å²) in [6.07, 6.45) is 0. The van der Waals surface area contributed by atoms with Crippen molar-refractivity contribution in [1.29, 1.82) is 0 Å². The molecule has 2 aromatic rings. The van der Waals surface area contributed by atoms with Gasteiger partial charge in [0.2, 0.25) is 0 Å². The molecule has 128 valence electrons. The van der Waals surface area contributed by atoms with Crippen molar-refractivity contribution in [1.82, 2.24) is 0 Å². The third-order valence-electron chi connectivity index (χ3n) is 2.27.